The maximum atomic E-state index is 8.59. The molecule has 2 nitrogen and oxygen atoms in total. The van der Waals surface area contributed by atoms with Crippen LogP contribution in [-0.4, -0.2) is 11.3 Å². The zero-order chi connectivity index (χ0) is 11.3. The van der Waals surface area contributed by atoms with Crippen LogP contribution in [0.2, 0.25) is 0 Å². The van der Waals surface area contributed by atoms with Crippen LogP contribution in [0.25, 0.3) is 0 Å². The highest BCUT2D eigenvalue weighted by Crippen LogP contribution is 2.22. The van der Waals surface area contributed by atoms with Gasteiger partial charge in [-0.1, -0.05) is 26.0 Å². The van der Waals surface area contributed by atoms with E-state index < -0.39 is 6.04 Å². The molecule has 1 aromatic rings. The van der Waals surface area contributed by atoms with Gasteiger partial charge < -0.3 is 5.73 Å². The van der Waals surface area contributed by atoms with Crippen molar-refractivity contribution in [3.05, 3.63) is 29.8 Å². The summed E-state index contributed by atoms with van der Waals surface area (Å²) in [5, 5.41) is 9.19. The first-order valence-corrected chi connectivity index (χ1v) is 5.90. The van der Waals surface area contributed by atoms with Gasteiger partial charge in [-0.25, -0.2) is 0 Å². The fraction of sp³-hybridized carbons (Fsp3) is 0.417. The van der Waals surface area contributed by atoms with Crippen molar-refractivity contribution >= 4 is 11.8 Å². The number of benzene rings is 1. The van der Waals surface area contributed by atoms with E-state index in [0.717, 1.165) is 5.56 Å². The molecule has 1 rings (SSSR count). The fourth-order valence-electron chi connectivity index (χ4n) is 1.28. The van der Waals surface area contributed by atoms with Crippen LogP contribution in [0.15, 0.2) is 29.2 Å². The van der Waals surface area contributed by atoms with E-state index in [2.05, 4.69) is 26.0 Å². The molecule has 0 saturated carbocycles. The normalized spacial score (nSPS) is 12.5. The van der Waals surface area contributed by atoms with E-state index in [-0.39, 0.29) is 0 Å². The van der Waals surface area contributed by atoms with Crippen LogP contribution < -0.4 is 5.73 Å². The van der Waals surface area contributed by atoms with Gasteiger partial charge in [0.25, 0.3) is 0 Å². The Morgan fingerprint density at radius 1 is 1.33 bits per heavy atom. The monoisotopic (exact) mass is 220 g/mol. The van der Waals surface area contributed by atoms with Gasteiger partial charge in [-0.15, -0.1) is 11.8 Å². The molecule has 0 aliphatic heterocycles. The molecule has 15 heavy (non-hydrogen) atoms. The smallest absolute Gasteiger partial charge is 0.0968 e. The zero-order valence-electron chi connectivity index (χ0n) is 9.10. The standard InChI is InChI=1S/C12H16N2S/c1-9(2)15-12-5-3-10(4-6-12)7-11(14)8-13/h3-6,9,11H,7,14H2,1-2H3. The van der Waals surface area contributed by atoms with Gasteiger partial charge in [-0.3, -0.25) is 0 Å². The topological polar surface area (TPSA) is 49.8 Å². The van der Waals surface area contributed by atoms with Crippen LogP contribution in [0.5, 0.6) is 0 Å². The van der Waals surface area contributed by atoms with E-state index in [9.17, 15) is 0 Å². The molecule has 80 valence electrons. The van der Waals surface area contributed by atoms with Crippen molar-refractivity contribution in [2.24, 2.45) is 5.73 Å². The minimum atomic E-state index is -0.395. The first-order valence-electron chi connectivity index (χ1n) is 5.02. The van der Waals surface area contributed by atoms with Crippen molar-refractivity contribution in [3.63, 3.8) is 0 Å². The summed E-state index contributed by atoms with van der Waals surface area (Å²) in [6, 6.07) is 9.90. The summed E-state index contributed by atoms with van der Waals surface area (Å²) in [4.78, 5) is 1.26. The van der Waals surface area contributed by atoms with Crippen LogP contribution in [-0.2, 0) is 6.42 Å². The van der Waals surface area contributed by atoms with Crippen LogP contribution in [0.1, 0.15) is 19.4 Å². The largest absolute Gasteiger partial charge is 0.316 e. The minimum absolute atomic E-state index is 0.395. The SMILES string of the molecule is CC(C)Sc1ccc(CC(N)C#N)cc1. The zero-order valence-corrected chi connectivity index (χ0v) is 9.92. The van der Waals surface area contributed by atoms with Crippen LogP contribution in [0, 0.1) is 11.3 Å². The fourth-order valence-corrected chi connectivity index (χ4v) is 2.11. The molecule has 0 aliphatic carbocycles. The number of nitriles is 1. The first kappa shape index (κ1) is 12.1. The molecule has 0 saturated heterocycles. The second-order valence-electron chi connectivity index (χ2n) is 3.75. The van der Waals surface area contributed by atoms with Gasteiger partial charge in [0.2, 0.25) is 0 Å². The number of nitrogens with zero attached hydrogens (tertiary/aromatic N) is 1. The van der Waals surface area contributed by atoms with Crippen molar-refractivity contribution < 1.29 is 0 Å². The summed E-state index contributed by atoms with van der Waals surface area (Å²) in [5.41, 5.74) is 6.68. The van der Waals surface area contributed by atoms with Crippen LogP contribution in [0.4, 0.5) is 0 Å². The van der Waals surface area contributed by atoms with Gasteiger partial charge >= 0.3 is 0 Å². The van der Waals surface area contributed by atoms with Gasteiger partial charge in [0, 0.05) is 16.6 Å². The molecule has 2 N–H and O–H groups in total. The molecule has 0 aliphatic rings. The average molecular weight is 220 g/mol. The van der Waals surface area contributed by atoms with E-state index in [1.807, 2.05) is 30.0 Å². The van der Waals surface area contributed by atoms with Crippen molar-refractivity contribution in [2.75, 3.05) is 0 Å². The number of nitrogens with two attached hydrogens (primary N) is 1. The molecule has 0 heterocycles. The second-order valence-corrected chi connectivity index (χ2v) is 5.40. The summed E-state index contributed by atoms with van der Waals surface area (Å²) >= 11 is 1.84. The molecule has 0 fully saturated rings. The molecule has 0 bridgehead atoms. The van der Waals surface area contributed by atoms with Gasteiger partial charge in [-0.05, 0) is 17.7 Å². The molecule has 1 aromatic carbocycles. The van der Waals surface area contributed by atoms with E-state index in [1.54, 1.807) is 0 Å². The maximum absolute atomic E-state index is 8.59. The summed E-state index contributed by atoms with van der Waals surface area (Å²) < 4.78 is 0. The minimum Gasteiger partial charge on any atom is -0.316 e. The first-order chi connectivity index (χ1) is 7.11. The lowest BCUT2D eigenvalue weighted by atomic mass is 10.1. The highest BCUT2D eigenvalue weighted by atomic mass is 32.2. The number of hydrogen-bond acceptors (Lipinski definition) is 3. The van der Waals surface area contributed by atoms with Gasteiger partial charge in [0.05, 0.1) is 12.1 Å². The number of hydrogen-bond donors (Lipinski definition) is 1. The Kier molecular flexibility index (Phi) is 4.67. The second kappa shape index (κ2) is 5.79. The van der Waals surface area contributed by atoms with E-state index >= 15 is 0 Å². The van der Waals surface area contributed by atoms with Gasteiger partial charge in [0.15, 0.2) is 0 Å². The Bertz CT molecular complexity index is 338. The van der Waals surface area contributed by atoms with Crippen LogP contribution in [0.3, 0.4) is 0 Å². The Labute approximate surface area is 95.5 Å². The maximum Gasteiger partial charge on any atom is 0.0968 e. The van der Waals surface area contributed by atoms with Crippen molar-refractivity contribution in [2.45, 2.75) is 36.5 Å². The highest BCUT2D eigenvalue weighted by Gasteiger charge is 2.02. The van der Waals surface area contributed by atoms with Crippen LogP contribution >= 0.6 is 11.8 Å². The van der Waals surface area contributed by atoms with Crippen molar-refractivity contribution in [1.29, 1.82) is 5.26 Å². The third-order valence-corrected chi connectivity index (χ3v) is 2.93. The lowest BCUT2D eigenvalue weighted by Crippen LogP contribution is -2.19. The molecular formula is C12H16N2S. The summed E-state index contributed by atoms with van der Waals surface area (Å²) in [5.74, 6) is 0. The predicted molar refractivity (Wildman–Crippen MR) is 64.7 cm³/mol. The van der Waals surface area contributed by atoms with E-state index in [1.165, 1.54) is 4.90 Å². The lowest BCUT2D eigenvalue weighted by molar-refractivity contribution is 0.822. The Morgan fingerprint density at radius 3 is 2.40 bits per heavy atom. The summed E-state index contributed by atoms with van der Waals surface area (Å²) in [6.07, 6.45) is 0.628. The third kappa shape index (κ3) is 4.37. The molecule has 0 spiro atoms. The Hall–Kier alpha value is -0.980. The van der Waals surface area contributed by atoms with E-state index in [0.29, 0.717) is 11.7 Å². The number of thioether (sulfide) groups is 1. The predicted octanol–water partition coefficient (Wildman–Crippen LogP) is 2.58. The van der Waals surface area contributed by atoms with Crippen molar-refractivity contribution in [3.8, 4) is 6.07 Å². The molecule has 3 heteroatoms. The third-order valence-electron chi connectivity index (χ3n) is 1.92. The quantitative estimate of drug-likeness (QED) is 0.793. The molecular weight excluding hydrogens is 204 g/mol. The summed E-state index contributed by atoms with van der Waals surface area (Å²) in [6.45, 7) is 4.34. The molecule has 0 radical (unpaired) electrons. The lowest BCUT2D eigenvalue weighted by Gasteiger charge is -2.06. The van der Waals surface area contributed by atoms with Gasteiger partial charge in [-0.2, -0.15) is 5.26 Å². The molecule has 1 atom stereocenters. The highest BCUT2D eigenvalue weighted by molar-refractivity contribution is 7.99. The molecule has 0 aromatic heterocycles. The van der Waals surface area contributed by atoms with Gasteiger partial charge in [0.1, 0.15) is 0 Å². The Morgan fingerprint density at radius 2 is 1.93 bits per heavy atom. The summed E-state index contributed by atoms with van der Waals surface area (Å²) in [7, 11) is 0. The Balaban J connectivity index is 2.61. The molecule has 0 amide bonds. The number of rotatable bonds is 4. The van der Waals surface area contributed by atoms with Crippen molar-refractivity contribution in [1.82, 2.24) is 0 Å². The molecule has 1 unspecified atom stereocenters. The average Bonchev–Trinajstić information content (AvgIpc) is 2.20. The van der Waals surface area contributed by atoms with E-state index in [4.69, 9.17) is 11.0 Å².